The first-order valence-electron chi connectivity index (χ1n) is 8.68. The number of hydrogen-bond acceptors (Lipinski definition) is 5. The number of ether oxygens (including phenoxy) is 2. The molecule has 1 N–H and O–H groups in total. The van der Waals surface area contributed by atoms with E-state index in [0.717, 1.165) is 35.9 Å². The summed E-state index contributed by atoms with van der Waals surface area (Å²) in [5.41, 5.74) is 1.67. The lowest BCUT2D eigenvalue weighted by atomic mass is 10.1. The Kier molecular flexibility index (Phi) is 4.41. The number of rotatable bonds is 4. The Labute approximate surface area is 146 Å². The van der Waals surface area contributed by atoms with Crippen LogP contribution in [0.2, 0.25) is 0 Å². The minimum Gasteiger partial charge on any atom is -0.486 e. The van der Waals surface area contributed by atoms with E-state index in [9.17, 15) is 4.79 Å². The lowest BCUT2D eigenvalue weighted by Crippen LogP contribution is -2.23. The quantitative estimate of drug-likeness (QED) is 0.928. The van der Waals surface area contributed by atoms with Gasteiger partial charge in [0.15, 0.2) is 17.3 Å². The Morgan fingerprint density at radius 3 is 2.76 bits per heavy atom. The average Bonchev–Trinajstić information content (AvgIpc) is 3.16. The maximum atomic E-state index is 12.5. The van der Waals surface area contributed by atoms with Gasteiger partial charge in [-0.05, 0) is 42.7 Å². The Morgan fingerprint density at radius 1 is 1.12 bits per heavy atom. The number of fused-ring (bicyclic) bond motifs is 1. The number of pyridine rings is 1. The maximum absolute atomic E-state index is 12.5. The number of carbonyl (C=O) groups is 1. The monoisotopic (exact) mass is 339 g/mol. The summed E-state index contributed by atoms with van der Waals surface area (Å²) in [5, 5.41) is 3.00. The lowest BCUT2D eigenvalue weighted by molar-refractivity contribution is -0.115. The SMILES string of the molecule is O=C(Cc1ccc2c(c1)OCCO2)Nc1cccnc1N1CCCC1. The molecule has 6 nitrogen and oxygen atoms in total. The van der Waals surface area contributed by atoms with E-state index in [-0.39, 0.29) is 12.3 Å². The van der Waals surface area contributed by atoms with Crippen molar-refractivity contribution in [3.05, 3.63) is 42.1 Å². The van der Waals surface area contributed by atoms with E-state index in [0.29, 0.717) is 19.0 Å². The van der Waals surface area contributed by atoms with Crippen LogP contribution in [0.15, 0.2) is 36.5 Å². The molecule has 1 aromatic heterocycles. The van der Waals surface area contributed by atoms with Gasteiger partial charge in [-0.15, -0.1) is 0 Å². The van der Waals surface area contributed by atoms with Gasteiger partial charge in [0.2, 0.25) is 5.91 Å². The number of nitrogens with one attached hydrogen (secondary N) is 1. The third kappa shape index (κ3) is 3.52. The maximum Gasteiger partial charge on any atom is 0.228 e. The van der Waals surface area contributed by atoms with Gasteiger partial charge in [0.1, 0.15) is 13.2 Å². The number of carbonyl (C=O) groups excluding carboxylic acids is 1. The molecular formula is C19H21N3O3. The van der Waals surface area contributed by atoms with E-state index >= 15 is 0 Å². The fraction of sp³-hybridized carbons (Fsp3) is 0.368. The third-order valence-electron chi connectivity index (χ3n) is 4.44. The highest BCUT2D eigenvalue weighted by atomic mass is 16.6. The molecule has 4 rings (SSSR count). The van der Waals surface area contributed by atoms with Crippen molar-refractivity contribution < 1.29 is 14.3 Å². The largest absolute Gasteiger partial charge is 0.486 e. The Hall–Kier alpha value is -2.76. The molecule has 1 saturated heterocycles. The molecule has 0 radical (unpaired) electrons. The van der Waals surface area contributed by atoms with Crippen molar-refractivity contribution in [2.45, 2.75) is 19.3 Å². The van der Waals surface area contributed by atoms with Gasteiger partial charge in [-0.2, -0.15) is 0 Å². The van der Waals surface area contributed by atoms with Gasteiger partial charge < -0.3 is 19.7 Å². The molecule has 130 valence electrons. The number of amides is 1. The van der Waals surface area contributed by atoms with E-state index in [2.05, 4.69) is 15.2 Å². The standard InChI is InChI=1S/C19H21N3O3/c23-18(13-14-5-6-16-17(12-14)25-11-10-24-16)21-15-4-3-7-20-19(15)22-8-1-2-9-22/h3-7,12H,1-2,8-11,13H2,(H,21,23). The Morgan fingerprint density at radius 2 is 1.92 bits per heavy atom. The molecule has 0 spiro atoms. The topological polar surface area (TPSA) is 63.7 Å². The third-order valence-corrected chi connectivity index (χ3v) is 4.44. The smallest absolute Gasteiger partial charge is 0.228 e. The highest BCUT2D eigenvalue weighted by Gasteiger charge is 2.18. The van der Waals surface area contributed by atoms with Crippen LogP contribution in [0.3, 0.4) is 0 Å². The molecule has 2 aromatic rings. The molecule has 0 atom stereocenters. The van der Waals surface area contributed by atoms with Crippen LogP contribution in [-0.2, 0) is 11.2 Å². The van der Waals surface area contributed by atoms with E-state index in [1.807, 2.05) is 30.3 Å². The molecule has 3 heterocycles. The number of hydrogen-bond donors (Lipinski definition) is 1. The molecule has 0 bridgehead atoms. The summed E-state index contributed by atoms with van der Waals surface area (Å²) >= 11 is 0. The molecule has 1 aromatic carbocycles. The summed E-state index contributed by atoms with van der Waals surface area (Å²) in [4.78, 5) is 19.2. The molecule has 2 aliphatic rings. The van der Waals surface area contributed by atoms with Crippen LogP contribution in [0.5, 0.6) is 11.5 Å². The van der Waals surface area contributed by atoms with Crippen molar-refractivity contribution >= 4 is 17.4 Å². The molecular weight excluding hydrogens is 318 g/mol. The van der Waals surface area contributed by atoms with Crippen molar-refractivity contribution in [2.75, 3.05) is 36.5 Å². The number of nitrogens with zero attached hydrogens (tertiary/aromatic N) is 2. The molecule has 0 aliphatic carbocycles. The van der Waals surface area contributed by atoms with Crippen molar-refractivity contribution in [2.24, 2.45) is 0 Å². The summed E-state index contributed by atoms with van der Waals surface area (Å²) < 4.78 is 11.1. The van der Waals surface area contributed by atoms with Crippen LogP contribution < -0.4 is 19.7 Å². The van der Waals surface area contributed by atoms with E-state index in [1.54, 1.807) is 6.20 Å². The van der Waals surface area contributed by atoms with Crippen molar-refractivity contribution in [3.63, 3.8) is 0 Å². The first kappa shape index (κ1) is 15.7. The molecule has 0 unspecified atom stereocenters. The van der Waals surface area contributed by atoms with E-state index in [1.165, 1.54) is 12.8 Å². The van der Waals surface area contributed by atoms with Crippen LogP contribution in [0.25, 0.3) is 0 Å². The van der Waals surface area contributed by atoms with E-state index < -0.39 is 0 Å². The molecule has 1 amide bonds. The molecule has 6 heteroatoms. The number of aromatic nitrogens is 1. The van der Waals surface area contributed by atoms with Gasteiger partial charge in [-0.3, -0.25) is 4.79 Å². The fourth-order valence-corrected chi connectivity index (χ4v) is 3.25. The second-order valence-corrected chi connectivity index (χ2v) is 6.27. The lowest BCUT2D eigenvalue weighted by Gasteiger charge is -2.20. The molecule has 2 aliphatic heterocycles. The zero-order valence-corrected chi connectivity index (χ0v) is 14.0. The average molecular weight is 339 g/mol. The minimum atomic E-state index is -0.0647. The second-order valence-electron chi connectivity index (χ2n) is 6.27. The van der Waals surface area contributed by atoms with Crippen LogP contribution >= 0.6 is 0 Å². The normalized spacial score (nSPS) is 15.9. The minimum absolute atomic E-state index is 0.0647. The summed E-state index contributed by atoms with van der Waals surface area (Å²) in [7, 11) is 0. The van der Waals surface area contributed by atoms with Crippen LogP contribution in [-0.4, -0.2) is 37.2 Å². The predicted octanol–water partition coefficient (Wildman–Crippen LogP) is 2.63. The van der Waals surface area contributed by atoms with Gasteiger partial charge in [0.25, 0.3) is 0 Å². The van der Waals surface area contributed by atoms with Gasteiger partial charge in [0, 0.05) is 19.3 Å². The molecule has 1 fully saturated rings. The summed E-state index contributed by atoms with van der Waals surface area (Å²) in [6.07, 6.45) is 4.39. The highest BCUT2D eigenvalue weighted by molar-refractivity contribution is 5.95. The van der Waals surface area contributed by atoms with Gasteiger partial charge >= 0.3 is 0 Å². The van der Waals surface area contributed by atoms with Gasteiger partial charge in [-0.25, -0.2) is 4.98 Å². The zero-order chi connectivity index (χ0) is 17.1. The van der Waals surface area contributed by atoms with Crippen molar-refractivity contribution in [1.82, 2.24) is 4.98 Å². The number of benzene rings is 1. The zero-order valence-electron chi connectivity index (χ0n) is 14.0. The Bertz CT molecular complexity index is 772. The van der Waals surface area contributed by atoms with Crippen molar-refractivity contribution in [3.8, 4) is 11.5 Å². The van der Waals surface area contributed by atoms with E-state index in [4.69, 9.17) is 9.47 Å². The predicted molar refractivity (Wildman–Crippen MR) is 95.4 cm³/mol. The summed E-state index contributed by atoms with van der Waals surface area (Å²) in [6.45, 7) is 3.08. The summed E-state index contributed by atoms with van der Waals surface area (Å²) in [5.74, 6) is 2.23. The highest BCUT2D eigenvalue weighted by Crippen LogP contribution is 2.31. The van der Waals surface area contributed by atoms with Gasteiger partial charge in [-0.1, -0.05) is 6.07 Å². The van der Waals surface area contributed by atoms with Crippen LogP contribution in [0, 0.1) is 0 Å². The molecule has 25 heavy (non-hydrogen) atoms. The fourth-order valence-electron chi connectivity index (χ4n) is 3.25. The Balaban J connectivity index is 1.46. The van der Waals surface area contributed by atoms with Crippen molar-refractivity contribution in [1.29, 1.82) is 0 Å². The summed E-state index contributed by atoms with van der Waals surface area (Å²) in [6, 6.07) is 9.38. The van der Waals surface area contributed by atoms with Crippen LogP contribution in [0.4, 0.5) is 11.5 Å². The number of anilines is 2. The van der Waals surface area contributed by atoms with Gasteiger partial charge in [0.05, 0.1) is 12.1 Å². The second kappa shape index (κ2) is 7.01. The van der Waals surface area contributed by atoms with Crippen LogP contribution in [0.1, 0.15) is 18.4 Å². The first-order valence-corrected chi connectivity index (χ1v) is 8.68. The first-order chi connectivity index (χ1) is 12.3. The molecule has 0 saturated carbocycles.